The van der Waals surface area contributed by atoms with Crippen LogP contribution in [0.5, 0.6) is 5.75 Å². The zero-order valence-electron chi connectivity index (χ0n) is 10.6. The summed E-state index contributed by atoms with van der Waals surface area (Å²) < 4.78 is 28.9. The highest BCUT2D eigenvalue weighted by Crippen LogP contribution is 2.25. The van der Waals surface area contributed by atoms with Crippen LogP contribution in [0.2, 0.25) is 0 Å². The molecule has 0 amide bonds. The average Bonchev–Trinajstić information content (AvgIpc) is 2.40. The van der Waals surface area contributed by atoms with Gasteiger partial charge in [0.2, 0.25) is 0 Å². The Balaban J connectivity index is 0.000000184. The number of ether oxygens (including phenoxy) is 1. The molecule has 1 fully saturated rings. The third-order valence-electron chi connectivity index (χ3n) is 3.18. The van der Waals surface area contributed by atoms with Gasteiger partial charge in [-0.3, -0.25) is 0 Å². The zero-order chi connectivity index (χ0) is 13.4. The van der Waals surface area contributed by atoms with E-state index in [1.54, 1.807) is 0 Å². The van der Waals surface area contributed by atoms with Gasteiger partial charge in [0.05, 0.1) is 0 Å². The van der Waals surface area contributed by atoms with Gasteiger partial charge >= 0.3 is 0 Å². The number of hydrogen-bond donors (Lipinski definition) is 0. The Morgan fingerprint density at radius 1 is 1.17 bits per heavy atom. The summed E-state index contributed by atoms with van der Waals surface area (Å²) in [6, 6.07) is 3.02. The Morgan fingerprint density at radius 3 is 2.28 bits per heavy atom. The van der Waals surface area contributed by atoms with E-state index in [1.807, 2.05) is 0 Å². The van der Waals surface area contributed by atoms with Crippen molar-refractivity contribution in [3.63, 3.8) is 0 Å². The molecular formula is C15H20F2O. The van der Waals surface area contributed by atoms with Gasteiger partial charge in [-0.1, -0.05) is 45.4 Å². The Hall–Kier alpha value is -1.12. The van der Waals surface area contributed by atoms with E-state index in [1.165, 1.54) is 44.6 Å². The molecule has 0 aromatic heterocycles. The summed E-state index contributed by atoms with van der Waals surface area (Å²) in [4.78, 5) is 0. The van der Waals surface area contributed by atoms with Crippen LogP contribution in [0.3, 0.4) is 0 Å². The minimum Gasteiger partial charge on any atom is -0.487 e. The lowest BCUT2D eigenvalue weighted by Gasteiger charge is -2.18. The van der Waals surface area contributed by atoms with Crippen molar-refractivity contribution < 1.29 is 13.5 Å². The van der Waals surface area contributed by atoms with Gasteiger partial charge in [-0.15, -0.1) is 0 Å². The van der Waals surface area contributed by atoms with Crippen LogP contribution in [-0.4, -0.2) is 0 Å². The fourth-order valence-electron chi connectivity index (χ4n) is 2.07. The fraction of sp³-hybridized carbons (Fsp3) is 0.467. The maximum absolute atomic E-state index is 12.4. The maximum Gasteiger partial charge on any atom is 0.167 e. The standard InChI is InChI=1S/C8H15.C7H5F2O/c1-2-8-6-4-3-5-7-8;1-10-7-3-2-5(8)4-6(7)9/h8H,1-7H2;2-4H,1H2. The van der Waals surface area contributed by atoms with Crippen LogP contribution in [0.15, 0.2) is 18.2 Å². The highest BCUT2D eigenvalue weighted by Gasteiger charge is 2.09. The van der Waals surface area contributed by atoms with Crippen LogP contribution >= 0.6 is 0 Å². The van der Waals surface area contributed by atoms with Crippen molar-refractivity contribution in [1.29, 1.82) is 0 Å². The topological polar surface area (TPSA) is 9.23 Å². The molecule has 1 aromatic carbocycles. The van der Waals surface area contributed by atoms with Gasteiger partial charge in [0.15, 0.2) is 11.6 Å². The maximum atomic E-state index is 12.4. The molecule has 2 rings (SSSR count). The largest absolute Gasteiger partial charge is 0.487 e. The lowest BCUT2D eigenvalue weighted by Crippen LogP contribution is -2.03. The van der Waals surface area contributed by atoms with Crippen LogP contribution in [0.4, 0.5) is 8.78 Å². The molecule has 0 saturated heterocycles. The summed E-state index contributed by atoms with van der Waals surface area (Å²) in [5.74, 6) is -0.446. The molecule has 2 radical (unpaired) electrons. The Labute approximate surface area is 108 Å². The molecule has 0 unspecified atom stereocenters. The van der Waals surface area contributed by atoms with Crippen molar-refractivity contribution in [1.82, 2.24) is 0 Å². The second-order valence-electron chi connectivity index (χ2n) is 4.51. The number of halogens is 2. The molecular weight excluding hydrogens is 234 g/mol. The predicted octanol–water partition coefficient (Wildman–Crippen LogP) is 4.93. The van der Waals surface area contributed by atoms with E-state index in [2.05, 4.69) is 18.8 Å². The van der Waals surface area contributed by atoms with Crippen molar-refractivity contribution >= 4 is 0 Å². The van der Waals surface area contributed by atoms with Gasteiger partial charge in [-0.05, 0) is 18.1 Å². The Morgan fingerprint density at radius 2 is 1.83 bits per heavy atom. The van der Waals surface area contributed by atoms with E-state index in [0.29, 0.717) is 0 Å². The van der Waals surface area contributed by atoms with Gasteiger partial charge in [-0.25, -0.2) is 8.78 Å². The van der Waals surface area contributed by atoms with E-state index in [-0.39, 0.29) is 5.75 Å². The molecule has 18 heavy (non-hydrogen) atoms. The third-order valence-corrected chi connectivity index (χ3v) is 3.18. The average molecular weight is 254 g/mol. The van der Waals surface area contributed by atoms with Crippen LogP contribution < -0.4 is 4.74 Å². The molecule has 0 heterocycles. The van der Waals surface area contributed by atoms with Gasteiger partial charge in [-0.2, -0.15) is 0 Å². The number of rotatable bonds is 2. The molecule has 1 aliphatic carbocycles. The number of hydrogen-bond acceptors (Lipinski definition) is 1. The van der Waals surface area contributed by atoms with Crippen LogP contribution in [0.1, 0.15) is 38.5 Å². The fourth-order valence-corrected chi connectivity index (χ4v) is 2.07. The lowest BCUT2D eigenvalue weighted by molar-refractivity contribution is 0.360. The van der Waals surface area contributed by atoms with Crippen LogP contribution in [-0.2, 0) is 0 Å². The molecule has 1 nitrogen and oxygen atoms in total. The number of benzene rings is 1. The minimum atomic E-state index is -0.741. The SMILES string of the molecule is [CH2]CC1CCCCC1.[CH2]Oc1ccc(F)cc1F. The van der Waals surface area contributed by atoms with E-state index in [4.69, 9.17) is 0 Å². The van der Waals surface area contributed by atoms with Crippen molar-refractivity contribution in [3.05, 3.63) is 43.9 Å². The van der Waals surface area contributed by atoms with Gasteiger partial charge in [0.1, 0.15) is 12.9 Å². The second kappa shape index (κ2) is 8.06. The van der Waals surface area contributed by atoms with Crippen LogP contribution in [0.25, 0.3) is 0 Å². The highest BCUT2D eigenvalue weighted by atomic mass is 19.1. The molecule has 1 saturated carbocycles. The van der Waals surface area contributed by atoms with Crippen LogP contribution in [0, 0.1) is 31.6 Å². The lowest BCUT2D eigenvalue weighted by atomic mass is 9.88. The first kappa shape index (κ1) is 14.9. The molecule has 0 bridgehead atoms. The van der Waals surface area contributed by atoms with E-state index in [0.717, 1.165) is 18.1 Å². The van der Waals surface area contributed by atoms with Gasteiger partial charge in [0.25, 0.3) is 0 Å². The smallest absolute Gasteiger partial charge is 0.167 e. The highest BCUT2D eigenvalue weighted by molar-refractivity contribution is 5.24. The van der Waals surface area contributed by atoms with E-state index in [9.17, 15) is 8.78 Å². The normalized spacial score (nSPS) is 15.8. The molecule has 3 heteroatoms. The van der Waals surface area contributed by atoms with Crippen molar-refractivity contribution in [2.75, 3.05) is 0 Å². The third kappa shape index (κ3) is 5.03. The first-order valence-corrected chi connectivity index (χ1v) is 6.33. The Kier molecular flexibility index (Phi) is 6.69. The molecule has 1 aromatic rings. The zero-order valence-corrected chi connectivity index (χ0v) is 10.6. The summed E-state index contributed by atoms with van der Waals surface area (Å²) in [5.41, 5.74) is 0. The summed E-state index contributed by atoms with van der Waals surface area (Å²) in [6.07, 6.45) is 8.45. The summed E-state index contributed by atoms with van der Waals surface area (Å²) in [6.45, 7) is 3.91. The van der Waals surface area contributed by atoms with E-state index >= 15 is 0 Å². The van der Waals surface area contributed by atoms with Crippen molar-refractivity contribution in [3.8, 4) is 5.75 Å². The predicted molar refractivity (Wildman–Crippen MR) is 68.9 cm³/mol. The molecule has 0 spiro atoms. The molecule has 0 aliphatic heterocycles. The summed E-state index contributed by atoms with van der Waals surface area (Å²) in [7, 11) is 2.98. The molecule has 100 valence electrons. The molecule has 0 N–H and O–H groups in total. The first-order valence-electron chi connectivity index (χ1n) is 6.33. The van der Waals surface area contributed by atoms with Crippen molar-refractivity contribution in [2.45, 2.75) is 38.5 Å². The van der Waals surface area contributed by atoms with Gasteiger partial charge < -0.3 is 4.74 Å². The quantitative estimate of drug-likeness (QED) is 0.727. The van der Waals surface area contributed by atoms with Gasteiger partial charge in [0, 0.05) is 6.07 Å². The van der Waals surface area contributed by atoms with Crippen molar-refractivity contribution in [2.24, 2.45) is 5.92 Å². The monoisotopic (exact) mass is 254 g/mol. The first-order chi connectivity index (χ1) is 8.67. The Bertz CT molecular complexity index is 346. The minimum absolute atomic E-state index is 0.0543. The second-order valence-corrected chi connectivity index (χ2v) is 4.51. The summed E-state index contributed by atoms with van der Waals surface area (Å²) >= 11 is 0. The molecule has 1 aliphatic rings. The molecule has 0 atom stereocenters. The van der Waals surface area contributed by atoms with E-state index < -0.39 is 11.6 Å². The summed E-state index contributed by atoms with van der Waals surface area (Å²) in [5, 5.41) is 0.